The molecule has 0 aliphatic heterocycles. The summed E-state index contributed by atoms with van der Waals surface area (Å²) in [5, 5.41) is 16.5. The van der Waals surface area contributed by atoms with Crippen LogP contribution in [-0.4, -0.2) is 23.3 Å². The Morgan fingerprint density at radius 1 is 1.25 bits per heavy atom. The fraction of sp³-hybridized carbons (Fsp3) is 0.200. The molecule has 0 saturated heterocycles. The molecule has 1 aromatic carbocycles. The topological polar surface area (TPSA) is 70.6 Å². The number of thiophene rings is 1. The predicted octanol–water partition coefficient (Wildman–Crippen LogP) is 4.97. The van der Waals surface area contributed by atoms with E-state index in [9.17, 15) is 9.90 Å². The molecule has 0 bridgehead atoms. The van der Waals surface area contributed by atoms with E-state index in [1.807, 2.05) is 13.8 Å². The number of esters is 1. The fourth-order valence-electron chi connectivity index (χ4n) is 1.97. The van der Waals surface area contributed by atoms with E-state index in [-0.39, 0.29) is 20.9 Å². The van der Waals surface area contributed by atoms with E-state index in [1.54, 1.807) is 0 Å². The average molecular weight is 405 g/mol. The summed E-state index contributed by atoms with van der Waals surface area (Å²) in [6.07, 6.45) is 0. The molecule has 3 N–H and O–H groups in total. The molecule has 2 aromatic rings. The number of hydrogen-bond donors (Lipinski definition) is 3. The summed E-state index contributed by atoms with van der Waals surface area (Å²) in [5.74, 6) is -0.627. The van der Waals surface area contributed by atoms with Crippen LogP contribution >= 0.6 is 46.8 Å². The third-order valence-corrected chi connectivity index (χ3v) is 5.18. The van der Waals surface area contributed by atoms with Crippen LogP contribution in [0.25, 0.3) is 0 Å². The summed E-state index contributed by atoms with van der Waals surface area (Å²) in [6, 6.07) is 2.98. The van der Waals surface area contributed by atoms with Crippen LogP contribution in [0.3, 0.4) is 0 Å². The molecule has 0 aliphatic carbocycles. The first-order valence-corrected chi connectivity index (χ1v) is 8.67. The second-order valence-electron chi connectivity index (χ2n) is 4.85. The van der Waals surface area contributed by atoms with E-state index in [2.05, 4.69) is 10.6 Å². The number of carbonyl (C=O) groups is 1. The summed E-state index contributed by atoms with van der Waals surface area (Å²) in [6.45, 7) is 3.76. The summed E-state index contributed by atoms with van der Waals surface area (Å²) in [7, 11) is 1.33. The number of aryl methyl sites for hydroxylation is 1. The van der Waals surface area contributed by atoms with Crippen molar-refractivity contribution < 1.29 is 14.6 Å². The summed E-state index contributed by atoms with van der Waals surface area (Å²) < 4.78 is 4.82. The Morgan fingerprint density at radius 3 is 2.38 bits per heavy atom. The number of anilines is 2. The highest BCUT2D eigenvalue weighted by Crippen LogP contribution is 2.35. The van der Waals surface area contributed by atoms with Crippen molar-refractivity contribution in [1.29, 1.82) is 0 Å². The zero-order chi connectivity index (χ0) is 18.0. The van der Waals surface area contributed by atoms with Gasteiger partial charge in [-0.3, -0.25) is 0 Å². The average Bonchev–Trinajstić information content (AvgIpc) is 2.78. The quantitative estimate of drug-likeness (QED) is 0.380. The summed E-state index contributed by atoms with van der Waals surface area (Å²) in [4.78, 5) is 12.9. The highest BCUT2D eigenvalue weighted by Gasteiger charge is 2.21. The van der Waals surface area contributed by atoms with Gasteiger partial charge in [0.2, 0.25) is 0 Å². The van der Waals surface area contributed by atoms with Gasteiger partial charge in [0.05, 0.1) is 22.7 Å². The zero-order valence-electron chi connectivity index (χ0n) is 13.0. The maximum atomic E-state index is 12.0. The predicted molar refractivity (Wildman–Crippen MR) is 103 cm³/mol. The molecule has 0 fully saturated rings. The molecule has 0 unspecified atom stereocenters. The normalized spacial score (nSPS) is 10.4. The molecule has 5 nitrogen and oxygen atoms in total. The van der Waals surface area contributed by atoms with Gasteiger partial charge in [-0.1, -0.05) is 23.2 Å². The van der Waals surface area contributed by atoms with Crippen molar-refractivity contribution in [2.24, 2.45) is 0 Å². The van der Waals surface area contributed by atoms with Crippen molar-refractivity contribution >= 4 is 68.5 Å². The van der Waals surface area contributed by atoms with Gasteiger partial charge in [0, 0.05) is 10.6 Å². The lowest BCUT2D eigenvalue weighted by molar-refractivity contribution is 0.0601. The molecule has 0 radical (unpaired) electrons. The van der Waals surface area contributed by atoms with Gasteiger partial charge < -0.3 is 20.5 Å². The molecule has 1 heterocycles. The van der Waals surface area contributed by atoms with Crippen LogP contribution in [0, 0.1) is 13.8 Å². The number of thiocarbonyl (C=S) groups is 1. The standard InChI is InChI=1S/C15H14Cl2N2O3S2/c1-6-7(2)24-13(11(6)14(21)22-3)19-15(23)18-8-4-9(16)12(20)10(17)5-8/h4-5,20H,1-3H3,(H2,18,19,23). The van der Waals surface area contributed by atoms with Crippen molar-refractivity contribution in [1.82, 2.24) is 0 Å². The number of halogens is 2. The Morgan fingerprint density at radius 2 is 1.83 bits per heavy atom. The molecule has 0 aliphatic rings. The number of nitrogens with one attached hydrogen (secondary N) is 2. The van der Waals surface area contributed by atoms with Crippen molar-refractivity contribution in [3.05, 3.63) is 38.2 Å². The molecule has 0 saturated carbocycles. The van der Waals surface area contributed by atoms with Crippen LogP contribution in [0.5, 0.6) is 5.75 Å². The number of aromatic hydroxyl groups is 1. The molecule has 128 valence electrons. The number of hydrogen-bond acceptors (Lipinski definition) is 5. The fourth-order valence-corrected chi connectivity index (χ4v) is 3.79. The molecule has 9 heteroatoms. The van der Waals surface area contributed by atoms with Gasteiger partial charge in [-0.15, -0.1) is 11.3 Å². The number of phenols is 1. The van der Waals surface area contributed by atoms with Gasteiger partial charge in [-0.2, -0.15) is 0 Å². The van der Waals surface area contributed by atoms with Gasteiger partial charge >= 0.3 is 5.97 Å². The Balaban J connectivity index is 2.22. The lowest BCUT2D eigenvalue weighted by atomic mass is 10.1. The van der Waals surface area contributed by atoms with Gasteiger partial charge in [0.25, 0.3) is 0 Å². The van der Waals surface area contributed by atoms with Crippen molar-refractivity contribution in [2.75, 3.05) is 17.7 Å². The maximum Gasteiger partial charge on any atom is 0.341 e. The molecular weight excluding hydrogens is 391 g/mol. The number of ether oxygens (including phenoxy) is 1. The Kier molecular flexibility index (Phi) is 5.92. The van der Waals surface area contributed by atoms with Crippen LogP contribution in [0.4, 0.5) is 10.7 Å². The summed E-state index contributed by atoms with van der Waals surface area (Å²) >= 11 is 18.4. The molecule has 24 heavy (non-hydrogen) atoms. The van der Waals surface area contributed by atoms with Crippen LogP contribution in [0.15, 0.2) is 12.1 Å². The van der Waals surface area contributed by atoms with E-state index in [0.29, 0.717) is 16.3 Å². The second kappa shape index (κ2) is 7.57. The molecule has 0 spiro atoms. The maximum absolute atomic E-state index is 12.0. The Bertz CT molecular complexity index is 798. The van der Waals surface area contributed by atoms with Gasteiger partial charge in [0.15, 0.2) is 10.9 Å². The Labute approximate surface area is 158 Å². The van der Waals surface area contributed by atoms with E-state index in [4.69, 9.17) is 40.2 Å². The highest BCUT2D eigenvalue weighted by atomic mass is 35.5. The van der Waals surface area contributed by atoms with E-state index >= 15 is 0 Å². The number of methoxy groups -OCH3 is 1. The molecule has 0 amide bonds. The number of phenolic OH excluding ortho intramolecular Hbond substituents is 1. The largest absolute Gasteiger partial charge is 0.505 e. The monoisotopic (exact) mass is 404 g/mol. The van der Waals surface area contributed by atoms with Crippen molar-refractivity contribution in [3.8, 4) is 5.75 Å². The first kappa shape index (κ1) is 18.8. The lowest BCUT2D eigenvalue weighted by Gasteiger charge is -2.12. The van der Waals surface area contributed by atoms with Gasteiger partial charge in [0.1, 0.15) is 5.00 Å². The first-order valence-electron chi connectivity index (χ1n) is 6.69. The van der Waals surface area contributed by atoms with Crippen molar-refractivity contribution in [3.63, 3.8) is 0 Å². The third-order valence-electron chi connectivity index (χ3n) is 3.28. The summed E-state index contributed by atoms with van der Waals surface area (Å²) in [5.41, 5.74) is 1.80. The minimum absolute atomic E-state index is 0.103. The molecule has 1 aromatic heterocycles. The molecule has 2 rings (SSSR count). The van der Waals surface area contributed by atoms with Crippen molar-refractivity contribution in [2.45, 2.75) is 13.8 Å². The number of benzene rings is 1. The minimum Gasteiger partial charge on any atom is -0.505 e. The lowest BCUT2D eigenvalue weighted by Crippen LogP contribution is -2.20. The Hall–Kier alpha value is -1.54. The first-order chi connectivity index (χ1) is 11.2. The van der Waals surface area contributed by atoms with Crippen LogP contribution < -0.4 is 10.6 Å². The van der Waals surface area contributed by atoms with Crippen LogP contribution in [-0.2, 0) is 4.74 Å². The van der Waals surface area contributed by atoms with Gasteiger partial charge in [-0.25, -0.2) is 4.79 Å². The van der Waals surface area contributed by atoms with Crippen LogP contribution in [0.1, 0.15) is 20.8 Å². The second-order valence-corrected chi connectivity index (χ2v) is 7.29. The smallest absolute Gasteiger partial charge is 0.341 e. The molecule has 0 atom stereocenters. The highest BCUT2D eigenvalue weighted by molar-refractivity contribution is 7.80. The van der Waals surface area contributed by atoms with E-state index in [1.165, 1.54) is 30.6 Å². The van der Waals surface area contributed by atoms with Crippen LogP contribution in [0.2, 0.25) is 10.0 Å². The SMILES string of the molecule is COC(=O)c1c(NC(=S)Nc2cc(Cl)c(O)c(Cl)c2)sc(C)c1C. The van der Waals surface area contributed by atoms with E-state index < -0.39 is 5.97 Å². The molecular formula is C15H14Cl2N2O3S2. The number of carbonyl (C=O) groups excluding carboxylic acids is 1. The number of rotatable bonds is 3. The zero-order valence-corrected chi connectivity index (χ0v) is 16.1. The minimum atomic E-state index is -0.433. The third kappa shape index (κ3) is 3.92. The van der Waals surface area contributed by atoms with Gasteiger partial charge in [-0.05, 0) is 43.8 Å². The van der Waals surface area contributed by atoms with E-state index in [0.717, 1.165) is 10.4 Å².